The van der Waals surface area contributed by atoms with E-state index in [2.05, 4.69) is 217 Å². The summed E-state index contributed by atoms with van der Waals surface area (Å²) in [5.41, 5.74) is 16.1. The maximum atomic E-state index is 6.64. The van der Waals surface area contributed by atoms with Crippen LogP contribution in [0.4, 0.5) is 17.1 Å². The van der Waals surface area contributed by atoms with Crippen molar-refractivity contribution in [2.45, 2.75) is 5.41 Å². The Balaban J connectivity index is 0.999. The molecule has 0 aliphatic heterocycles. The van der Waals surface area contributed by atoms with Gasteiger partial charge in [-0.05, 0) is 111 Å². The van der Waals surface area contributed by atoms with E-state index >= 15 is 0 Å². The van der Waals surface area contributed by atoms with Gasteiger partial charge in [-0.3, -0.25) is 0 Å². The molecule has 13 rings (SSSR count). The number of anilines is 3. The highest BCUT2D eigenvalue weighted by molar-refractivity contribution is 6.32. The van der Waals surface area contributed by atoms with Crippen molar-refractivity contribution in [2.24, 2.45) is 0 Å². The Morgan fingerprint density at radius 2 is 0.871 bits per heavy atom. The Hall–Kier alpha value is -8.14. The van der Waals surface area contributed by atoms with E-state index in [0.29, 0.717) is 0 Å². The molecule has 3 nitrogen and oxygen atoms in total. The van der Waals surface area contributed by atoms with Gasteiger partial charge in [0.25, 0.3) is 0 Å². The van der Waals surface area contributed by atoms with Gasteiger partial charge in [0.2, 0.25) is 0 Å². The van der Waals surface area contributed by atoms with E-state index in [1.807, 2.05) is 12.1 Å². The number of hydrogen-bond acceptors (Lipinski definition) is 3. The molecule has 1 aliphatic rings. The molecule has 0 fully saturated rings. The lowest BCUT2D eigenvalue weighted by Gasteiger charge is -2.35. The van der Waals surface area contributed by atoms with Crippen LogP contribution in [0.3, 0.4) is 0 Å². The van der Waals surface area contributed by atoms with Gasteiger partial charge >= 0.3 is 0 Å². The van der Waals surface area contributed by atoms with E-state index < -0.39 is 5.41 Å². The van der Waals surface area contributed by atoms with Gasteiger partial charge in [-0.25, -0.2) is 0 Å². The van der Waals surface area contributed by atoms with Gasteiger partial charge < -0.3 is 13.7 Å². The number of benzene rings is 10. The van der Waals surface area contributed by atoms with E-state index in [0.717, 1.165) is 82.8 Å². The van der Waals surface area contributed by atoms with Crippen LogP contribution >= 0.6 is 0 Å². The van der Waals surface area contributed by atoms with Gasteiger partial charge in [0.1, 0.15) is 22.3 Å². The number of para-hydroxylation sites is 2. The molecule has 12 aromatic rings. The van der Waals surface area contributed by atoms with Crippen molar-refractivity contribution in [1.82, 2.24) is 0 Å². The quantitative estimate of drug-likeness (QED) is 0.168. The maximum Gasteiger partial charge on any atom is 0.136 e. The molecule has 0 bridgehead atoms. The highest BCUT2D eigenvalue weighted by Crippen LogP contribution is 2.57. The predicted octanol–water partition coefficient (Wildman–Crippen LogP) is 16.1. The van der Waals surface area contributed by atoms with Crippen LogP contribution in [-0.4, -0.2) is 0 Å². The average molecular weight is 792 g/mol. The Morgan fingerprint density at radius 1 is 0.323 bits per heavy atom. The topological polar surface area (TPSA) is 29.5 Å². The van der Waals surface area contributed by atoms with Crippen LogP contribution in [0.1, 0.15) is 22.3 Å². The zero-order valence-electron chi connectivity index (χ0n) is 33.6. The summed E-state index contributed by atoms with van der Waals surface area (Å²) in [5, 5.41) is 6.76. The molecule has 2 heterocycles. The summed E-state index contributed by atoms with van der Waals surface area (Å²) < 4.78 is 13.0. The first-order valence-corrected chi connectivity index (χ1v) is 21.2. The van der Waals surface area contributed by atoms with Crippen molar-refractivity contribution in [3.05, 3.63) is 247 Å². The van der Waals surface area contributed by atoms with E-state index in [4.69, 9.17) is 8.83 Å². The molecule has 1 aliphatic carbocycles. The zero-order chi connectivity index (χ0) is 40.8. The Morgan fingerprint density at radius 3 is 1.63 bits per heavy atom. The maximum absolute atomic E-state index is 6.64. The third-order valence-electron chi connectivity index (χ3n) is 13.1. The number of furan rings is 2. The minimum absolute atomic E-state index is 0.499. The summed E-state index contributed by atoms with van der Waals surface area (Å²) in [6.07, 6.45) is 0. The fraction of sp³-hybridized carbons (Fsp3) is 0.0169. The lowest BCUT2D eigenvalue weighted by atomic mass is 9.67. The zero-order valence-corrected chi connectivity index (χ0v) is 33.6. The van der Waals surface area contributed by atoms with Gasteiger partial charge in [0.15, 0.2) is 0 Å². The molecule has 3 heteroatoms. The van der Waals surface area contributed by atoms with Crippen LogP contribution in [0.25, 0.3) is 76.9 Å². The van der Waals surface area contributed by atoms with Gasteiger partial charge in [0.05, 0.1) is 5.41 Å². The van der Waals surface area contributed by atoms with Gasteiger partial charge in [0, 0.05) is 44.0 Å². The fourth-order valence-electron chi connectivity index (χ4n) is 10.6. The number of hydrogen-bond donors (Lipinski definition) is 0. The molecule has 10 aromatic carbocycles. The number of fused-ring (bicyclic) bond motifs is 12. The van der Waals surface area contributed by atoms with Gasteiger partial charge in [-0.2, -0.15) is 0 Å². The minimum Gasteiger partial charge on any atom is -0.456 e. The van der Waals surface area contributed by atoms with Crippen LogP contribution < -0.4 is 4.90 Å². The number of nitrogens with zero attached hydrogens (tertiary/aromatic N) is 1. The first-order chi connectivity index (χ1) is 30.8. The summed E-state index contributed by atoms with van der Waals surface area (Å²) >= 11 is 0. The molecule has 0 saturated heterocycles. The normalized spacial score (nSPS) is 13.0. The number of rotatable bonds is 6. The third-order valence-corrected chi connectivity index (χ3v) is 13.1. The molecule has 62 heavy (non-hydrogen) atoms. The molecular formula is C59H37NO2. The molecule has 0 saturated carbocycles. The molecule has 0 spiro atoms. The molecule has 0 radical (unpaired) electrons. The highest BCUT2D eigenvalue weighted by atomic mass is 16.3. The second-order valence-corrected chi connectivity index (χ2v) is 16.3. The van der Waals surface area contributed by atoms with Crippen LogP contribution in [0.5, 0.6) is 0 Å². The second-order valence-electron chi connectivity index (χ2n) is 16.3. The van der Waals surface area contributed by atoms with E-state index in [9.17, 15) is 0 Å². The standard InChI is InChI=1S/C59H37NO2/c1-4-15-40(16-5-1)59(41-17-6-2-7-18-41)49-24-12-10-21-46(49)47-34-33-44(37-50(47)59)60(42-19-8-3-9-20-42)43-31-27-38(28-32-43)45-23-14-26-52-56(45)58-54(62-52)36-30-39-29-35-53-57(55(39)58)48-22-11-13-25-51(48)61-53/h1-37H. The van der Waals surface area contributed by atoms with Crippen molar-refractivity contribution in [3.63, 3.8) is 0 Å². The summed E-state index contributed by atoms with van der Waals surface area (Å²) in [6, 6.07) is 81.0. The van der Waals surface area contributed by atoms with Gasteiger partial charge in [-0.1, -0.05) is 164 Å². The minimum atomic E-state index is -0.499. The smallest absolute Gasteiger partial charge is 0.136 e. The molecule has 290 valence electrons. The van der Waals surface area contributed by atoms with Crippen molar-refractivity contribution < 1.29 is 8.83 Å². The van der Waals surface area contributed by atoms with Crippen LogP contribution in [-0.2, 0) is 5.41 Å². The fourth-order valence-corrected chi connectivity index (χ4v) is 10.6. The van der Waals surface area contributed by atoms with Crippen LogP contribution in [0.15, 0.2) is 233 Å². The summed E-state index contributed by atoms with van der Waals surface area (Å²) in [6.45, 7) is 0. The summed E-state index contributed by atoms with van der Waals surface area (Å²) in [4.78, 5) is 2.38. The van der Waals surface area contributed by atoms with Crippen molar-refractivity contribution in [2.75, 3.05) is 4.90 Å². The summed E-state index contributed by atoms with van der Waals surface area (Å²) in [7, 11) is 0. The van der Waals surface area contributed by atoms with Crippen LogP contribution in [0, 0.1) is 0 Å². The van der Waals surface area contributed by atoms with E-state index in [-0.39, 0.29) is 0 Å². The third kappa shape index (κ3) is 4.94. The van der Waals surface area contributed by atoms with Crippen molar-refractivity contribution in [3.8, 4) is 22.3 Å². The second kappa shape index (κ2) is 13.4. The Kier molecular flexibility index (Phi) is 7.52. The first-order valence-electron chi connectivity index (χ1n) is 21.2. The molecular weight excluding hydrogens is 755 g/mol. The van der Waals surface area contributed by atoms with E-state index in [1.54, 1.807) is 0 Å². The molecule has 0 unspecified atom stereocenters. The largest absolute Gasteiger partial charge is 0.456 e. The SMILES string of the molecule is c1ccc(N(c2ccc(-c3cccc4oc5ccc6ccc7oc8ccccc8c7c6c5c34)cc2)c2ccc3c(c2)C(c2ccccc2)(c2ccccc2)c2ccccc2-3)cc1. The molecule has 2 aromatic heterocycles. The summed E-state index contributed by atoms with van der Waals surface area (Å²) in [5.74, 6) is 0. The van der Waals surface area contributed by atoms with Crippen molar-refractivity contribution >= 4 is 71.7 Å². The monoisotopic (exact) mass is 791 g/mol. The Labute approximate surface area is 358 Å². The van der Waals surface area contributed by atoms with Gasteiger partial charge in [-0.15, -0.1) is 0 Å². The average Bonchev–Trinajstić information content (AvgIpc) is 4.01. The predicted molar refractivity (Wildman–Crippen MR) is 256 cm³/mol. The highest BCUT2D eigenvalue weighted by Gasteiger charge is 2.46. The Bertz CT molecular complexity index is 3630. The lowest BCUT2D eigenvalue weighted by molar-refractivity contribution is 0.669. The van der Waals surface area contributed by atoms with Crippen molar-refractivity contribution in [1.29, 1.82) is 0 Å². The molecule has 0 atom stereocenters. The lowest BCUT2D eigenvalue weighted by Crippen LogP contribution is -2.28. The first kappa shape index (κ1) is 34.7. The van der Waals surface area contributed by atoms with E-state index in [1.165, 1.54) is 33.4 Å². The molecule has 0 N–H and O–H groups in total. The molecule has 0 amide bonds. The van der Waals surface area contributed by atoms with Crippen LogP contribution in [0.2, 0.25) is 0 Å².